The van der Waals surface area contributed by atoms with Crippen molar-refractivity contribution in [3.63, 3.8) is 0 Å². The molecule has 1 aromatic heterocycles. The normalized spacial score (nSPS) is 11.1. The number of hydrogen-bond donors (Lipinski definition) is 0. The highest BCUT2D eigenvalue weighted by Crippen LogP contribution is 2.30. The maximum absolute atomic E-state index is 5.80. The highest BCUT2D eigenvalue weighted by Gasteiger charge is 2.10. The Morgan fingerprint density at radius 3 is 2.54 bits per heavy atom. The lowest BCUT2D eigenvalue weighted by Crippen LogP contribution is -1.97. The number of ether oxygens (including phenoxy) is 1. The van der Waals surface area contributed by atoms with Gasteiger partial charge in [-0.3, -0.25) is 0 Å². The van der Waals surface area contributed by atoms with Crippen LogP contribution in [0.3, 0.4) is 0 Å². The van der Waals surface area contributed by atoms with Gasteiger partial charge in [0.1, 0.15) is 11.4 Å². The summed E-state index contributed by atoms with van der Waals surface area (Å²) in [6.07, 6.45) is 4.79. The summed E-state index contributed by atoms with van der Waals surface area (Å²) < 4.78 is 12.2. The molecule has 0 aliphatic carbocycles. The SMILES string of the molecule is BrCCCCCCOc1ccc(-c2noc3cc(Br)ccc23)cc1. The van der Waals surface area contributed by atoms with Gasteiger partial charge in [0, 0.05) is 20.8 Å². The molecule has 2 aromatic carbocycles. The van der Waals surface area contributed by atoms with Crippen LogP contribution in [0.4, 0.5) is 0 Å². The van der Waals surface area contributed by atoms with Gasteiger partial charge in [-0.05, 0) is 55.3 Å². The van der Waals surface area contributed by atoms with Crippen LogP contribution in [0.25, 0.3) is 22.2 Å². The van der Waals surface area contributed by atoms with Crippen molar-refractivity contribution >= 4 is 42.8 Å². The largest absolute Gasteiger partial charge is 0.494 e. The van der Waals surface area contributed by atoms with Crippen molar-refractivity contribution in [2.24, 2.45) is 0 Å². The molecule has 0 radical (unpaired) electrons. The smallest absolute Gasteiger partial charge is 0.168 e. The Morgan fingerprint density at radius 1 is 0.958 bits per heavy atom. The molecule has 3 rings (SSSR count). The summed E-state index contributed by atoms with van der Waals surface area (Å²) in [5.41, 5.74) is 2.67. The van der Waals surface area contributed by atoms with Crippen molar-refractivity contribution in [2.45, 2.75) is 25.7 Å². The van der Waals surface area contributed by atoms with Crippen molar-refractivity contribution in [2.75, 3.05) is 11.9 Å². The Hall–Kier alpha value is -1.33. The van der Waals surface area contributed by atoms with Gasteiger partial charge in [0.25, 0.3) is 0 Å². The van der Waals surface area contributed by atoms with Gasteiger partial charge >= 0.3 is 0 Å². The first-order chi connectivity index (χ1) is 11.8. The van der Waals surface area contributed by atoms with E-state index in [1.165, 1.54) is 19.3 Å². The van der Waals surface area contributed by atoms with E-state index in [0.717, 1.165) is 50.8 Å². The molecule has 0 saturated heterocycles. The van der Waals surface area contributed by atoms with Gasteiger partial charge in [-0.15, -0.1) is 0 Å². The number of fused-ring (bicyclic) bond motifs is 1. The molecule has 0 saturated carbocycles. The third kappa shape index (κ3) is 4.39. The summed E-state index contributed by atoms with van der Waals surface area (Å²) in [5.74, 6) is 0.898. The van der Waals surface area contributed by atoms with Crippen LogP contribution in [0.15, 0.2) is 51.5 Å². The molecule has 0 atom stereocenters. The summed E-state index contributed by atoms with van der Waals surface area (Å²) in [7, 11) is 0. The number of halogens is 2. The minimum Gasteiger partial charge on any atom is -0.494 e. The molecule has 0 amide bonds. The number of hydrogen-bond acceptors (Lipinski definition) is 3. The molecular weight excluding hydrogens is 434 g/mol. The quantitative estimate of drug-likeness (QED) is 0.285. The first kappa shape index (κ1) is 17.5. The zero-order valence-electron chi connectivity index (χ0n) is 13.3. The van der Waals surface area contributed by atoms with Gasteiger partial charge < -0.3 is 9.26 Å². The van der Waals surface area contributed by atoms with E-state index in [9.17, 15) is 0 Å². The number of rotatable bonds is 8. The molecule has 0 aliphatic rings. The van der Waals surface area contributed by atoms with Crippen LogP contribution in [-0.2, 0) is 0 Å². The summed E-state index contributed by atoms with van der Waals surface area (Å²) in [5, 5.41) is 6.30. The fraction of sp³-hybridized carbons (Fsp3) is 0.316. The standard InChI is InChI=1S/C19H19Br2NO2/c20-11-3-1-2-4-12-23-16-8-5-14(6-9-16)19-17-10-7-15(21)13-18(17)24-22-19/h5-10,13H,1-4,11-12H2. The van der Waals surface area contributed by atoms with E-state index in [1.807, 2.05) is 42.5 Å². The van der Waals surface area contributed by atoms with E-state index in [0.29, 0.717) is 0 Å². The molecule has 3 nitrogen and oxygen atoms in total. The molecule has 0 N–H and O–H groups in total. The molecule has 5 heteroatoms. The minimum absolute atomic E-state index is 0.766. The summed E-state index contributed by atoms with van der Waals surface area (Å²) >= 11 is 6.90. The Bertz CT molecular complexity index is 784. The van der Waals surface area contributed by atoms with Crippen molar-refractivity contribution in [3.05, 3.63) is 46.9 Å². The van der Waals surface area contributed by atoms with Crippen LogP contribution in [0.2, 0.25) is 0 Å². The molecule has 1 heterocycles. The van der Waals surface area contributed by atoms with E-state index >= 15 is 0 Å². The first-order valence-electron chi connectivity index (χ1n) is 8.12. The maximum atomic E-state index is 5.80. The average molecular weight is 453 g/mol. The van der Waals surface area contributed by atoms with Crippen molar-refractivity contribution in [1.82, 2.24) is 5.16 Å². The van der Waals surface area contributed by atoms with Crippen LogP contribution in [-0.4, -0.2) is 17.1 Å². The zero-order valence-corrected chi connectivity index (χ0v) is 16.5. The third-order valence-corrected chi connectivity index (χ3v) is 4.91. The third-order valence-electron chi connectivity index (χ3n) is 3.86. The molecule has 0 unspecified atom stereocenters. The fourth-order valence-electron chi connectivity index (χ4n) is 2.57. The summed E-state index contributed by atoms with van der Waals surface area (Å²) in [6.45, 7) is 0.766. The molecule has 24 heavy (non-hydrogen) atoms. The number of aromatic nitrogens is 1. The van der Waals surface area contributed by atoms with Gasteiger partial charge in [-0.2, -0.15) is 0 Å². The number of alkyl halides is 1. The van der Waals surface area contributed by atoms with Crippen LogP contribution >= 0.6 is 31.9 Å². The lowest BCUT2D eigenvalue weighted by Gasteiger charge is -2.06. The Morgan fingerprint density at radius 2 is 1.75 bits per heavy atom. The predicted octanol–water partition coefficient (Wildman–Crippen LogP) is 6.59. The maximum Gasteiger partial charge on any atom is 0.168 e. The van der Waals surface area contributed by atoms with Gasteiger partial charge in [0.2, 0.25) is 0 Å². The van der Waals surface area contributed by atoms with Gasteiger partial charge in [0.05, 0.1) is 6.61 Å². The molecule has 0 aliphatic heterocycles. The lowest BCUT2D eigenvalue weighted by molar-refractivity contribution is 0.305. The molecule has 3 aromatic rings. The number of unbranched alkanes of at least 4 members (excludes halogenated alkanes) is 3. The number of nitrogens with zero attached hydrogens (tertiary/aromatic N) is 1. The molecule has 0 spiro atoms. The van der Waals surface area contributed by atoms with Crippen LogP contribution in [0, 0.1) is 0 Å². The highest BCUT2D eigenvalue weighted by atomic mass is 79.9. The highest BCUT2D eigenvalue weighted by molar-refractivity contribution is 9.10. The lowest BCUT2D eigenvalue weighted by atomic mass is 10.1. The summed E-state index contributed by atoms with van der Waals surface area (Å²) in [6, 6.07) is 14.0. The van der Waals surface area contributed by atoms with E-state index in [2.05, 4.69) is 37.0 Å². The van der Waals surface area contributed by atoms with E-state index < -0.39 is 0 Å². The van der Waals surface area contributed by atoms with Crippen LogP contribution < -0.4 is 4.74 Å². The van der Waals surface area contributed by atoms with Crippen molar-refractivity contribution in [3.8, 4) is 17.0 Å². The van der Waals surface area contributed by atoms with E-state index in [1.54, 1.807) is 0 Å². The second-order valence-corrected chi connectivity index (χ2v) is 7.36. The fourth-order valence-corrected chi connectivity index (χ4v) is 3.31. The first-order valence-corrected chi connectivity index (χ1v) is 10.0. The van der Waals surface area contributed by atoms with Gasteiger partial charge in [0.15, 0.2) is 5.58 Å². The van der Waals surface area contributed by atoms with Crippen molar-refractivity contribution in [1.29, 1.82) is 0 Å². The van der Waals surface area contributed by atoms with Crippen molar-refractivity contribution < 1.29 is 9.26 Å². The minimum atomic E-state index is 0.766. The molecule has 126 valence electrons. The number of benzene rings is 2. The zero-order chi connectivity index (χ0) is 16.8. The van der Waals surface area contributed by atoms with Crippen LogP contribution in [0.1, 0.15) is 25.7 Å². The van der Waals surface area contributed by atoms with E-state index in [4.69, 9.17) is 9.26 Å². The topological polar surface area (TPSA) is 35.3 Å². The molecular formula is C19H19Br2NO2. The Balaban J connectivity index is 1.61. The second kappa shape index (κ2) is 8.67. The van der Waals surface area contributed by atoms with Gasteiger partial charge in [-0.1, -0.05) is 49.9 Å². The Labute approximate surface area is 158 Å². The summed E-state index contributed by atoms with van der Waals surface area (Å²) in [4.78, 5) is 0. The molecule has 0 fully saturated rings. The second-order valence-electron chi connectivity index (χ2n) is 5.65. The van der Waals surface area contributed by atoms with Gasteiger partial charge in [-0.25, -0.2) is 0 Å². The predicted molar refractivity (Wildman–Crippen MR) is 105 cm³/mol. The van der Waals surface area contributed by atoms with E-state index in [-0.39, 0.29) is 0 Å². The monoisotopic (exact) mass is 451 g/mol. The van der Waals surface area contributed by atoms with Crippen LogP contribution in [0.5, 0.6) is 5.75 Å². The Kier molecular flexibility index (Phi) is 6.32. The average Bonchev–Trinajstić information content (AvgIpc) is 3.01. The molecule has 0 bridgehead atoms.